The minimum absolute atomic E-state index is 0.0201. The molecule has 0 aromatic heterocycles. The van der Waals surface area contributed by atoms with Crippen LogP contribution in [-0.4, -0.2) is 33.5 Å². The molecule has 9 atom stereocenters. The Morgan fingerprint density at radius 1 is 1.13 bits per heavy atom. The zero-order chi connectivity index (χ0) is 16.6. The fourth-order valence-electron chi connectivity index (χ4n) is 7.66. The van der Waals surface area contributed by atoms with Gasteiger partial charge in [0.2, 0.25) is 0 Å². The average Bonchev–Trinajstić information content (AvgIpc) is 2.66. The van der Waals surface area contributed by atoms with Gasteiger partial charge in [-0.25, -0.2) is 0 Å². The second-order valence-corrected chi connectivity index (χ2v) is 9.32. The summed E-state index contributed by atoms with van der Waals surface area (Å²) in [6.45, 7) is 4.41. The van der Waals surface area contributed by atoms with Crippen molar-refractivity contribution in [3.63, 3.8) is 0 Å². The Kier molecular flexibility index (Phi) is 3.42. The molecule has 4 aliphatic carbocycles. The van der Waals surface area contributed by atoms with Crippen LogP contribution in [0, 0.1) is 40.4 Å². The van der Waals surface area contributed by atoms with Gasteiger partial charge in [0.15, 0.2) is 0 Å². The summed E-state index contributed by atoms with van der Waals surface area (Å²) in [4.78, 5) is 11.8. The fraction of sp³-hybridized carbons (Fsp3) is 0.947. The molecule has 4 rings (SSSR count). The molecule has 1 spiro atoms. The van der Waals surface area contributed by atoms with Crippen molar-refractivity contribution in [2.45, 2.75) is 71.0 Å². The van der Waals surface area contributed by atoms with Crippen LogP contribution < -0.4 is 0 Å². The highest BCUT2D eigenvalue weighted by Crippen LogP contribution is 2.70. The number of carboxylic acids is 1. The lowest BCUT2D eigenvalue weighted by Gasteiger charge is -2.62. The van der Waals surface area contributed by atoms with Crippen molar-refractivity contribution < 1.29 is 20.1 Å². The summed E-state index contributed by atoms with van der Waals surface area (Å²) < 4.78 is 0. The van der Waals surface area contributed by atoms with Gasteiger partial charge >= 0.3 is 5.97 Å². The molecule has 0 amide bonds. The number of aliphatic hydroxyl groups excluding tert-OH is 2. The number of hydrogen-bond acceptors (Lipinski definition) is 3. The van der Waals surface area contributed by atoms with Crippen LogP contribution in [0.25, 0.3) is 0 Å². The number of fused-ring (bicyclic) bond motifs is 3. The number of hydrogen-bond donors (Lipinski definition) is 3. The van der Waals surface area contributed by atoms with Crippen molar-refractivity contribution in [1.82, 2.24) is 0 Å². The summed E-state index contributed by atoms with van der Waals surface area (Å²) in [6, 6.07) is 0. The zero-order valence-corrected chi connectivity index (χ0v) is 14.2. The molecular weight excluding hydrogens is 292 g/mol. The van der Waals surface area contributed by atoms with Gasteiger partial charge in [-0.3, -0.25) is 4.79 Å². The van der Waals surface area contributed by atoms with Gasteiger partial charge in [-0.05, 0) is 74.0 Å². The number of carboxylic acid groups (broad SMARTS) is 1. The molecule has 4 fully saturated rings. The average molecular weight is 322 g/mol. The Morgan fingerprint density at radius 3 is 2.57 bits per heavy atom. The Hall–Kier alpha value is -0.610. The van der Waals surface area contributed by atoms with Gasteiger partial charge in [0, 0.05) is 5.41 Å². The normalized spacial score (nSPS) is 58.3. The third-order valence-corrected chi connectivity index (χ3v) is 8.56. The molecule has 4 saturated carbocycles. The number of aliphatic hydroxyl groups is 2. The lowest BCUT2D eigenvalue weighted by molar-refractivity contribution is -0.186. The molecule has 4 aliphatic rings. The van der Waals surface area contributed by atoms with Crippen LogP contribution >= 0.6 is 0 Å². The Morgan fingerprint density at radius 2 is 1.87 bits per heavy atom. The van der Waals surface area contributed by atoms with E-state index in [9.17, 15) is 20.1 Å². The molecule has 0 heterocycles. The molecule has 130 valence electrons. The van der Waals surface area contributed by atoms with Gasteiger partial charge in [-0.2, -0.15) is 0 Å². The first kappa shape index (κ1) is 15.9. The molecule has 4 heteroatoms. The van der Waals surface area contributed by atoms with Gasteiger partial charge in [-0.15, -0.1) is 0 Å². The minimum Gasteiger partial charge on any atom is -0.481 e. The van der Waals surface area contributed by atoms with E-state index < -0.39 is 18.0 Å². The Bertz CT molecular complexity index is 519. The van der Waals surface area contributed by atoms with Gasteiger partial charge in [0.05, 0.1) is 18.1 Å². The van der Waals surface area contributed by atoms with Crippen LogP contribution in [-0.2, 0) is 4.79 Å². The van der Waals surface area contributed by atoms with E-state index in [0.717, 1.165) is 32.1 Å². The summed E-state index contributed by atoms with van der Waals surface area (Å²) in [5.41, 5.74) is -0.164. The van der Waals surface area contributed by atoms with Crippen molar-refractivity contribution in [1.29, 1.82) is 0 Å². The first-order valence-corrected chi connectivity index (χ1v) is 9.38. The highest BCUT2D eigenvalue weighted by molar-refractivity contribution is 5.71. The van der Waals surface area contributed by atoms with Crippen molar-refractivity contribution in [3.05, 3.63) is 0 Å². The largest absolute Gasteiger partial charge is 0.481 e. The van der Waals surface area contributed by atoms with Gasteiger partial charge < -0.3 is 15.3 Å². The summed E-state index contributed by atoms with van der Waals surface area (Å²) >= 11 is 0. The second kappa shape index (κ2) is 4.95. The first-order valence-electron chi connectivity index (χ1n) is 9.38. The lowest BCUT2D eigenvalue weighted by Crippen LogP contribution is -2.59. The van der Waals surface area contributed by atoms with Crippen molar-refractivity contribution in [2.24, 2.45) is 40.4 Å². The highest BCUT2D eigenvalue weighted by atomic mass is 16.4. The maximum Gasteiger partial charge on any atom is 0.306 e. The third-order valence-electron chi connectivity index (χ3n) is 8.56. The molecule has 0 aromatic rings. The highest BCUT2D eigenvalue weighted by Gasteiger charge is 2.67. The van der Waals surface area contributed by atoms with E-state index in [4.69, 9.17) is 0 Å². The quantitative estimate of drug-likeness (QED) is 0.693. The Balaban J connectivity index is 1.74. The number of aliphatic carboxylic acids is 1. The first-order chi connectivity index (χ1) is 10.8. The Labute approximate surface area is 138 Å². The van der Waals surface area contributed by atoms with Crippen LogP contribution in [0.3, 0.4) is 0 Å². The number of rotatable bonds is 1. The molecular formula is C19H30O4. The van der Waals surface area contributed by atoms with E-state index in [2.05, 4.69) is 13.8 Å². The van der Waals surface area contributed by atoms with E-state index in [1.165, 1.54) is 0 Å². The SMILES string of the molecule is CC1C2CCC3C4(C)CC(O)CC(C(=O)O)C4CCC3(C2)C1O. The van der Waals surface area contributed by atoms with E-state index in [-0.39, 0.29) is 22.9 Å². The summed E-state index contributed by atoms with van der Waals surface area (Å²) in [5, 5.41) is 31.1. The third kappa shape index (κ3) is 1.94. The van der Waals surface area contributed by atoms with E-state index in [0.29, 0.717) is 30.6 Å². The maximum absolute atomic E-state index is 11.8. The topological polar surface area (TPSA) is 77.8 Å². The predicted octanol–water partition coefficient (Wildman–Crippen LogP) is 2.67. The fourth-order valence-corrected chi connectivity index (χ4v) is 7.66. The van der Waals surface area contributed by atoms with Gasteiger partial charge in [0.1, 0.15) is 0 Å². The monoisotopic (exact) mass is 322 g/mol. The van der Waals surface area contributed by atoms with Gasteiger partial charge in [0.25, 0.3) is 0 Å². The summed E-state index contributed by atoms with van der Waals surface area (Å²) in [6.07, 6.45) is 5.57. The molecule has 3 N–H and O–H groups in total. The smallest absolute Gasteiger partial charge is 0.306 e. The molecule has 0 aromatic carbocycles. The van der Waals surface area contributed by atoms with Crippen molar-refractivity contribution in [2.75, 3.05) is 0 Å². The van der Waals surface area contributed by atoms with Crippen LogP contribution in [0.1, 0.15) is 58.8 Å². The van der Waals surface area contributed by atoms with Crippen molar-refractivity contribution >= 4 is 5.97 Å². The molecule has 4 nitrogen and oxygen atoms in total. The van der Waals surface area contributed by atoms with E-state index in [1.54, 1.807) is 0 Å². The lowest BCUT2D eigenvalue weighted by atomic mass is 9.43. The van der Waals surface area contributed by atoms with Crippen LogP contribution in [0.4, 0.5) is 0 Å². The minimum atomic E-state index is -0.745. The standard InChI is InChI=1S/C19H30O4/c1-10-11-3-4-15-18(2)9-12(20)7-13(17(22)23)14(18)5-6-19(15,8-11)16(10)21/h10-16,20-21H,3-9H2,1-2H3,(H,22,23). The van der Waals surface area contributed by atoms with Gasteiger partial charge in [-0.1, -0.05) is 13.8 Å². The zero-order valence-electron chi connectivity index (χ0n) is 14.2. The molecule has 23 heavy (non-hydrogen) atoms. The molecule has 9 unspecified atom stereocenters. The van der Waals surface area contributed by atoms with Crippen LogP contribution in [0.5, 0.6) is 0 Å². The summed E-state index contributed by atoms with van der Waals surface area (Å²) in [5.74, 6) is 0.342. The molecule has 0 aliphatic heterocycles. The maximum atomic E-state index is 11.8. The van der Waals surface area contributed by atoms with E-state index in [1.807, 2.05) is 0 Å². The van der Waals surface area contributed by atoms with Crippen molar-refractivity contribution in [3.8, 4) is 0 Å². The summed E-state index contributed by atoms with van der Waals surface area (Å²) in [7, 11) is 0. The second-order valence-electron chi connectivity index (χ2n) is 9.32. The predicted molar refractivity (Wildman–Crippen MR) is 85.6 cm³/mol. The molecule has 0 saturated heterocycles. The molecule has 2 bridgehead atoms. The molecule has 0 radical (unpaired) electrons. The number of carbonyl (C=O) groups is 1. The van der Waals surface area contributed by atoms with Crippen LogP contribution in [0.15, 0.2) is 0 Å². The van der Waals surface area contributed by atoms with Crippen LogP contribution in [0.2, 0.25) is 0 Å². The van der Waals surface area contributed by atoms with E-state index >= 15 is 0 Å².